The van der Waals surface area contributed by atoms with Gasteiger partial charge in [-0.3, -0.25) is 0 Å². The van der Waals surface area contributed by atoms with Gasteiger partial charge in [0, 0.05) is 22.8 Å². The summed E-state index contributed by atoms with van der Waals surface area (Å²) in [7, 11) is 0. The van der Waals surface area contributed by atoms with Crippen molar-refractivity contribution < 1.29 is 14.6 Å². The molecule has 0 heterocycles. The minimum absolute atomic E-state index is 0.0549. The van der Waals surface area contributed by atoms with Crippen LogP contribution in [-0.4, -0.2) is 23.2 Å². The third kappa shape index (κ3) is 6.85. The monoisotopic (exact) mass is 479 g/mol. The molecule has 0 unspecified atom stereocenters. The number of benzene rings is 3. The standard InChI is InChI=1S/C29H34ClNO3/c1-20(2)31(21(3)4)27-10-6-8-22(18-27)7-5-9-25-17-23(19-32)11-16-28(25)34-29(33)24-12-14-26(30)15-13-24/h6,8,10-18,20-21,32H,5,7,9,19H2,1-4H3. The Kier molecular flexibility index (Phi) is 9.14. The molecular formula is C29H34ClNO3. The summed E-state index contributed by atoms with van der Waals surface area (Å²) in [6.07, 6.45) is 2.54. The second-order valence-electron chi connectivity index (χ2n) is 9.11. The average molecular weight is 480 g/mol. The molecule has 3 aromatic rings. The number of esters is 1. The molecular weight excluding hydrogens is 446 g/mol. The van der Waals surface area contributed by atoms with Gasteiger partial charge < -0.3 is 14.7 Å². The summed E-state index contributed by atoms with van der Waals surface area (Å²) in [6.45, 7) is 8.81. The lowest BCUT2D eigenvalue weighted by Crippen LogP contribution is -2.36. The number of hydrogen-bond acceptors (Lipinski definition) is 4. The van der Waals surface area contributed by atoms with E-state index in [9.17, 15) is 9.90 Å². The number of halogens is 1. The van der Waals surface area contributed by atoms with E-state index >= 15 is 0 Å². The Hall–Kier alpha value is -2.82. The minimum atomic E-state index is -0.426. The van der Waals surface area contributed by atoms with Crippen LogP contribution < -0.4 is 9.64 Å². The first-order valence-corrected chi connectivity index (χ1v) is 12.2. The Balaban J connectivity index is 1.71. The lowest BCUT2D eigenvalue weighted by atomic mass is 10.0. The SMILES string of the molecule is CC(C)N(c1cccc(CCCc2cc(CO)ccc2OC(=O)c2ccc(Cl)cc2)c1)C(C)C. The van der Waals surface area contributed by atoms with Crippen LogP contribution in [0.4, 0.5) is 5.69 Å². The first-order valence-electron chi connectivity index (χ1n) is 11.9. The highest BCUT2D eigenvalue weighted by molar-refractivity contribution is 6.30. The molecule has 0 bridgehead atoms. The summed E-state index contributed by atoms with van der Waals surface area (Å²) >= 11 is 5.92. The van der Waals surface area contributed by atoms with Crippen LogP contribution in [0.2, 0.25) is 5.02 Å². The van der Waals surface area contributed by atoms with Crippen molar-refractivity contribution in [1.29, 1.82) is 0 Å². The Bertz CT molecular complexity index is 1080. The van der Waals surface area contributed by atoms with Gasteiger partial charge in [-0.2, -0.15) is 0 Å². The molecule has 3 aromatic carbocycles. The number of aliphatic hydroxyl groups is 1. The van der Waals surface area contributed by atoms with Crippen molar-refractivity contribution in [1.82, 2.24) is 0 Å². The van der Waals surface area contributed by atoms with E-state index in [1.807, 2.05) is 6.07 Å². The van der Waals surface area contributed by atoms with Crippen LogP contribution >= 0.6 is 11.6 Å². The summed E-state index contributed by atoms with van der Waals surface area (Å²) in [5.41, 5.74) is 4.67. The van der Waals surface area contributed by atoms with E-state index in [0.717, 1.165) is 30.4 Å². The predicted octanol–water partition coefficient (Wildman–Crippen LogP) is 6.85. The molecule has 0 saturated carbocycles. The van der Waals surface area contributed by atoms with Gasteiger partial charge in [0.05, 0.1) is 12.2 Å². The van der Waals surface area contributed by atoms with Gasteiger partial charge in [-0.1, -0.05) is 29.8 Å². The molecule has 0 radical (unpaired) electrons. The summed E-state index contributed by atoms with van der Waals surface area (Å²) in [5.74, 6) is 0.0986. The fourth-order valence-electron chi connectivity index (χ4n) is 4.32. The first-order chi connectivity index (χ1) is 16.3. The highest BCUT2D eigenvalue weighted by Crippen LogP contribution is 2.26. The first kappa shape index (κ1) is 25.8. The van der Waals surface area contributed by atoms with Crippen molar-refractivity contribution in [2.75, 3.05) is 4.90 Å². The van der Waals surface area contributed by atoms with Crippen LogP contribution in [0.5, 0.6) is 5.75 Å². The molecule has 0 atom stereocenters. The molecule has 0 aliphatic heterocycles. The molecule has 0 aliphatic rings. The van der Waals surface area contributed by atoms with Crippen molar-refractivity contribution in [3.05, 3.63) is 94.0 Å². The Labute approximate surface area is 208 Å². The maximum atomic E-state index is 12.6. The molecule has 34 heavy (non-hydrogen) atoms. The molecule has 3 rings (SSSR count). The summed E-state index contributed by atoms with van der Waals surface area (Å²) in [6, 6.07) is 21.7. The lowest BCUT2D eigenvalue weighted by molar-refractivity contribution is 0.0733. The topological polar surface area (TPSA) is 49.8 Å². The number of aryl methyl sites for hydroxylation is 2. The van der Waals surface area contributed by atoms with Gasteiger partial charge in [0.2, 0.25) is 0 Å². The van der Waals surface area contributed by atoms with Crippen LogP contribution in [0.1, 0.15) is 61.2 Å². The maximum absolute atomic E-state index is 12.6. The van der Waals surface area contributed by atoms with E-state index in [1.54, 1.807) is 36.4 Å². The molecule has 0 aliphatic carbocycles. The maximum Gasteiger partial charge on any atom is 0.343 e. The summed E-state index contributed by atoms with van der Waals surface area (Å²) < 4.78 is 5.71. The molecule has 0 saturated heterocycles. The van der Waals surface area contributed by atoms with Gasteiger partial charge in [-0.25, -0.2) is 4.79 Å². The van der Waals surface area contributed by atoms with Crippen LogP contribution in [-0.2, 0) is 19.4 Å². The van der Waals surface area contributed by atoms with Crippen LogP contribution in [0.15, 0.2) is 66.7 Å². The Morgan fingerprint density at radius 1 is 0.912 bits per heavy atom. The molecule has 5 heteroatoms. The second-order valence-corrected chi connectivity index (χ2v) is 9.55. The van der Waals surface area contributed by atoms with Gasteiger partial charge in [0.1, 0.15) is 5.75 Å². The van der Waals surface area contributed by atoms with E-state index in [2.05, 4.69) is 56.9 Å². The van der Waals surface area contributed by atoms with Crippen molar-refractivity contribution >= 4 is 23.3 Å². The highest BCUT2D eigenvalue weighted by Gasteiger charge is 2.15. The van der Waals surface area contributed by atoms with Gasteiger partial charge in [-0.05, 0) is 112 Å². The van der Waals surface area contributed by atoms with E-state index < -0.39 is 5.97 Å². The summed E-state index contributed by atoms with van der Waals surface area (Å²) in [5, 5.41) is 10.2. The van der Waals surface area contributed by atoms with Crippen molar-refractivity contribution in [2.24, 2.45) is 0 Å². The van der Waals surface area contributed by atoms with Gasteiger partial charge in [0.25, 0.3) is 0 Å². The predicted molar refractivity (Wildman–Crippen MR) is 140 cm³/mol. The largest absolute Gasteiger partial charge is 0.423 e. The zero-order valence-electron chi connectivity index (χ0n) is 20.4. The fraction of sp³-hybridized carbons (Fsp3) is 0.345. The minimum Gasteiger partial charge on any atom is -0.423 e. The third-order valence-electron chi connectivity index (χ3n) is 5.82. The second kappa shape index (κ2) is 12.0. The quantitative estimate of drug-likeness (QED) is 0.255. The van der Waals surface area contributed by atoms with E-state index in [0.29, 0.717) is 28.4 Å². The van der Waals surface area contributed by atoms with Crippen molar-refractivity contribution in [3.8, 4) is 5.75 Å². The molecule has 0 aromatic heterocycles. The highest BCUT2D eigenvalue weighted by atomic mass is 35.5. The normalized spacial score (nSPS) is 11.2. The lowest BCUT2D eigenvalue weighted by Gasteiger charge is -2.33. The number of carbonyl (C=O) groups excluding carboxylic acids is 1. The third-order valence-corrected chi connectivity index (χ3v) is 6.07. The summed E-state index contributed by atoms with van der Waals surface area (Å²) in [4.78, 5) is 15.0. The van der Waals surface area contributed by atoms with Crippen LogP contribution in [0, 0.1) is 0 Å². The van der Waals surface area contributed by atoms with Crippen molar-refractivity contribution in [3.63, 3.8) is 0 Å². The number of hydrogen-bond donors (Lipinski definition) is 1. The number of ether oxygens (including phenoxy) is 1. The zero-order chi connectivity index (χ0) is 24.7. The smallest absolute Gasteiger partial charge is 0.343 e. The number of rotatable bonds is 10. The van der Waals surface area contributed by atoms with Gasteiger partial charge in [0.15, 0.2) is 0 Å². The van der Waals surface area contributed by atoms with Gasteiger partial charge in [-0.15, -0.1) is 0 Å². The Morgan fingerprint density at radius 2 is 1.62 bits per heavy atom. The average Bonchev–Trinajstić information content (AvgIpc) is 2.80. The van der Waals surface area contributed by atoms with Crippen LogP contribution in [0.25, 0.3) is 0 Å². The van der Waals surface area contributed by atoms with Gasteiger partial charge >= 0.3 is 5.97 Å². The Morgan fingerprint density at radius 3 is 2.26 bits per heavy atom. The van der Waals surface area contributed by atoms with E-state index in [4.69, 9.17) is 16.3 Å². The molecule has 180 valence electrons. The zero-order valence-corrected chi connectivity index (χ0v) is 21.2. The number of anilines is 1. The van der Waals surface area contributed by atoms with E-state index in [-0.39, 0.29) is 6.61 Å². The number of aliphatic hydroxyl groups excluding tert-OH is 1. The van der Waals surface area contributed by atoms with Crippen molar-refractivity contribution in [2.45, 2.75) is 65.6 Å². The molecule has 1 N–H and O–H groups in total. The molecule has 4 nitrogen and oxygen atoms in total. The number of nitrogens with zero attached hydrogens (tertiary/aromatic N) is 1. The molecule has 0 spiro atoms. The van der Waals surface area contributed by atoms with E-state index in [1.165, 1.54) is 11.3 Å². The molecule has 0 amide bonds. The van der Waals surface area contributed by atoms with Crippen LogP contribution in [0.3, 0.4) is 0 Å². The fourth-order valence-corrected chi connectivity index (χ4v) is 4.44. The number of carbonyl (C=O) groups is 1. The molecule has 0 fully saturated rings.